The molecule has 2 atom stereocenters. The van der Waals surface area contributed by atoms with Crippen LogP contribution in [0.25, 0.3) is 0 Å². The molecule has 2 N–H and O–H groups in total. The summed E-state index contributed by atoms with van der Waals surface area (Å²) in [6.45, 7) is 0.547. The van der Waals surface area contributed by atoms with Gasteiger partial charge >= 0.3 is 6.09 Å². The minimum absolute atomic E-state index is 0.129. The Balaban J connectivity index is 2.53. The third kappa shape index (κ3) is 1.69. The molecular formula is C8H11NO3. The van der Waals surface area contributed by atoms with Crippen molar-refractivity contribution < 1.29 is 15.0 Å². The Morgan fingerprint density at radius 3 is 2.75 bits per heavy atom. The SMILES string of the molecule is C#C[C@H]1CCN(C(=O)O)C[C@@H]1O. The zero-order valence-electron chi connectivity index (χ0n) is 6.60. The zero-order valence-corrected chi connectivity index (χ0v) is 6.60. The normalized spacial score (nSPS) is 29.5. The van der Waals surface area contributed by atoms with Crippen LogP contribution in [0.3, 0.4) is 0 Å². The first-order valence-electron chi connectivity index (χ1n) is 3.77. The van der Waals surface area contributed by atoms with Gasteiger partial charge in [0.05, 0.1) is 12.6 Å². The molecule has 0 saturated carbocycles. The molecule has 1 fully saturated rings. The molecule has 66 valence electrons. The maximum absolute atomic E-state index is 10.5. The molecule has 1 aliphatic rings. The molecule has 12 heavy (non-hydrogen) atoms. The van der Waals surface area contributed by atoms with Crippen molar-refractivity contribution in [1.82, 2.24) is 4.90 Å². The summed E-state index contributed by atoms with van der Waals surface area (Å²) in [5.41, 5.74) is 0. The summed E-state index contributed by atoms with van der Waals surface area (Å²) in [5, 5.41) is 17.9. The van der Waals surface area contributed by atoms with E-state index in [-0.39, 0.29) is 12.5 Å². The van der Waals surface area contributed by atoms with Crippen molar-refractivity contribution in [3.8, 4) is 12.3 Å². The maximum Gasteiger partial charge on any atom is 0.407 e. The van der Waals surface area contributed by atoms with Crippen LogP contribution in [0, 0.1) is 18.3 Å². The highest BCUT2D eigenvalue weighted by Crippen LogP contribution is 2.16. The van der Waals surface area contributed by atoms with Crippen LogP contribution in [0.4, 0.5) is 4.79 Å². The van der Waals surface area contributed by atoms with Gasteiger partial charge in [-0.2, -0.15) is 0 Å². The average molecular weight is 169 g/mol. The highest BCUT2D eigenvalue weighted by molar-refractivity contribution is 5.65. The van der Waals surface area contributed by atoms with Crippen LogP contribution >= 0.6 is 0 Å². The van der Waals surface area contributed by atoms with Gasteiger partial charge in [-0.05, 0) is 6.42 Å². The summed E-state index contributed by atoms with van der Waals surface area (Å²) in [6, 6.07) is 0. The number of carbonyl (C=O) groups is 1. The largest absolute Gasteiger partial charge is 0.465 e. The van der Waals surface area contributed by atoms with E-state index in [2.05, 4.69) is 5.92 Å². The summed E-state index contributed by atoms with van der Waals surface area (Å²) >= 11 is 0. The molecule has 0 radical (unpaired) electrons. The summed E-state index contributed by atoms with van der Waals surface area (Å²) in [7, 11) is 0. The third-order valence-corrected chi connectivity index (χ3v) is 2.07. The first-order valence-corrected chi connectivity index (χ1v) is 3.77. The Morgan fingerprint density at radius 1 is 1.67 bits per heavy atom. The highest BCUT2D eigenvalue weighted by Gasteiger charge is 2.28. The number of amides is 1. The standard InChI is InChI=1S/C8H11NO3/c1-2-6-3-4-9(8(11)12)5-7(6)10/h1,6-7,10H,3-5H2,(H,11,12)/t6-,7-/m0/s1. The molecule has 0 aliphatic carbocycles. The van der Waals surface area contributed by atoms with Gasteiger partial charge in [0.15, 0.2) is 0 Å². The molecule has 0 aromatic carbocycles. The molecule has 4 nitrogen and oxygen atoms in total. The molecule has 0 aromatic heterocycles. The lowest BCUT2D eigenvalue weighted by molar-refractivity contribution is 0.0439. The minimum Gasteiger partial charge on any atom is -0.465 e. The number of rotatable bonds is 0. The number of hydrogen-bond donors (Lipinski definition) is 2. The van der Waals surface area contributed by atoms with Gasteiger partial charge in [0, 0.05) is 12.5 Å². The molecule has 1 aliphatic heterocycles. The lowest BCUT2D eigenvalue weighted by atomic mass is 9.95. The van der Waals surface area contributed by atoms with E-state index < -0.39 is 12.2 Å². The van der Waals surface area contributed by atoms with E-state index in [1.165, 1.54) is 4.90 Å². The lowest BCUT2D eigenvalue weighted by Gasteiger charge is -2.31. The first kappa shape index (κ1) is 8.88. The molecule has 1 saturated heterocycles. The number of likely N-dealkylation sites (tertiary alicyclic amines) is 1. The van der Waals surface area contributed by atoms with Crippen LogP contribution < -0.4 is 0 Å². The number of β-amino-alcohol motifs (C(OH)–C–C–N with tert-alkyl or cyclic N) is 1. The predicted molar refractivity (Wildman–Crippen MR) is 42.5 cm³/mol. The Kier molecular flexibility index (Phi) is 2.56. The van der Waals surface area contributed by atoms with E-state index >= 15 is 0 Å². The minimum atomic E-state index is -0.996. The number of hydrogen-bond acceptors (Lipinski definition) is 2. The van der Waals surface area contributed by atoms with Crippen molar-refractivity contribution in [1.29, 1.82) is 0 Å². The maximum atomic E-state index is 10.5. The van der Waals surface area contributed by atoms with E-state index in [1.807, 2.05) is 0 Å². The van der Waals surface area contributed by atoms with Gasteiger partial charge in [0.25, 0.3) is 0 Å². The van der Waals surface area contributed by atoms with Crippen molar-refractivity contribution in [3.63, 3.8) is 0 Å². The van der Waals surface area contributed by atoms with E-state index in [0.717, 1.165) is 0 Å². The summed E-state index contributed by atoms with van der Waals surface area (Å²) < 4.78 is 0. The van der Waals surface area contributed by atoms with Gasteiger partial charge in [0.1, 0.15) is 0 Å². The van der Waals surface area contributed by atoms with Crippen LogP contribution in [0.1, 0.15) is 6.42 Å². The van der Waals surface area contributed by atoms with E-state index in [4.69, 9.17) is 11.5 Å². The van der Waals surface area contributed by atoms with Gasteiger partial charge in [-0.25, -0.2) is 4.79 Å². The Labute approximate surface area is 70.8 Å². The van der Waals surface area contributed by atoms with E-state index in [9.17, 15) is 9.90 Å². The molecule has 4 heteroatoms. The van der Waals surface area contributed by atoms with Gasteiger partial charge in [-0.3, -0.25) is 0 Å². The van der Waals surface area contributed by atoms with Crippen LogP contribution in [-0.4, -0.2) is 40.4 Å². The topological polar surface area (TPSA) is 60.8 Å². The highest BCUT2D eigenvalue weighted by atomic mass is 16.4. The van der Waals surface area contributed by atoms with E-state index in [0.29, 0.717) is 13.0 Å². The molecule has 0 spiro atoms. The van der Waals surface area contributed by atoms with E-state index in [1.54, 1.807) is 0 Å². The number of aliphatic hydroxyl groups excluding tert-OH is 1. The Bertz CT molecular complexity index is 221. The molecule has 1 amide bonds. The average Bonchev–Trinajstić information content (AvgIpc) is 2.04. The number of nitrogens with zero attached hydrogens (tertiary/aromatic N) is 1. The molecule has 0 bridgehead atoms. The van der Waals surface area contributed by atoms with Crippen molar-refractivity contribution in [2.75, 3.05) is 13.1 Å². The van der Waals surface area contributed by atoms with Crippen molar-refractivity contribution >= 4 is 6.09 Å². The smallest absolute Gasteiger partial charge is 0.407 e. The number of carboxylic acid groups (broad SMARTS) is 1. The number of aliphatic hydroxyl groups is 1. The second-order valence-electron chi connectivity index (χ2n) is 2.86. The fraction of sp³-hybridized carbons (Fsp3) is 0.625. The monoisotopic (exact) mass is 169 g/mol. The molecule has 0 unspecified atom stereocenters. The fourth-order valence-electron chi connectivity index (χ4n) is 1.30. The van der Waals surface area contributed by atoms with Crippen molar-refractivity contribution in [2.24, 2.45) is 5.92 Å². The molecule has 1 heterocycles. The van der Waals surface area contributed by atoms with Gasteiger partial charge < -0.3 is 15.1 Å². The van der Waals surface area contributed by atoms with Crippen LogP contribution in [-0.2, 0) is 0 Å². The number of terminal acetylenes is 1. The van der Waals surface area contributed by atoms with Crippen molar-refractivity contribution in [3.05, 3.63) is 0 Å². The van der Waals surface area contributed by atoms with Gasteiger partial charge in [-0.15, -0.1) is 12.3 Å². The predicted octanol–water partition coefficient (Wildman–Crippen LogP) is -0.0196. The number of piperidine rings is 1. The second-order valence-corrected chi connectivity index (χ2v) is 2.86. The van der Waals surface area contributed by atoms with Crippen molar-refractivity contribution in [2.45, 2.75) is 12.5 Å². The van der Waals surface area contributed by atoms with Crippen LogP contribution in [0.2, 0.25) is 0 Å². The van der Waals surface area contributed by atoms with Crippen LogP contribution in [0.15, 0.2) is 0 Å². The summed E-state index contributed by atoms with van der Waals surface area (Å²) in [5.74, 6) is 2.25. The third-order valence-electron chi connectivity index (χ3n) is 2.07. The summed E-state index contributed by atoms with van der Waals surface area (Å²) in [6.07, 6.45) is 3.98. The molecule has 1 rings (SSSR count). The Morgan fingerprint density at radius 2 is 2.33 bits per heavy atom. The first-order chi connectivity index (χ1) is 5.65. The van der Waals surface area contributed by atoms with Crippen LogP contribution in [0.5, 0.6) is 0 Å². The zero-order chi connectivity index (χ0) is 9.14. The lowest BCUT2D eigenvalue weighted by Crippen LogP contribution is -2.45. The second kappa shape index (κ2) is 3.46. The molecule has 0 aromatic rings. The quantitative estimate of drug-likeness (QED) is 0.501. The van der Waals surface area contributed by atoms with Gasteiger partial charge in [0.2, 0.25) is 0 Å². The summed E-state index contributed by atoms with van der Waals surface area (Å²) in [4.78, 5) is 11.6. The fourth-order valence-corrected chi connectivity index (χ4v) is 1.30. The Hall–Kier alpha value is -1.21. The van der Waals surface area contributed by atoms with Gasteiger partial charge in [-0.1, -0.05) is 0 Å². The molecular weight excluding hydrogens is 158 g/mol.